The van der Waals surface area contributed by atoms with Crippen LogP contribution in [0.5, 0.6) is 0 Å². The second-order valence-corrected chi connectivity index (χ2v) is 5.71. The van der Waals surface area contributed by atoms with Gasteiger partial charge in [-0.1, -0.05) is 6.92 Å². The summed E-state index contributed by atoms with van der Waals surface area (Å²) < 4.78 is 0. The predicted molar refractivity (Wildman–Crippen MR) is 68.5 cm³/mol. The van der Waals surface area contributed by atoms with Gasteiger partial charge in [0, 0.05) is 25.7 Å². The molecule has 0 aromatic carbocycles. The quantitative estimate of drug-likeness (QED) is 0.667. The summed E-state index contributed by atoms with van der Waals surface area (Å²) in [6, 6.07) is 0.457. The van der Waals surface area contributed by atoms with E-state index in [9.17, 15) is 0 Å². The number of piperidine rings is 1. The predicted octanol–water partition coefficient (Wildman–Crippen LogP) is 1.19. The van der Waals surface area contributed by atoms with Gasteiger partial charge in [-0.25, -0.2) is 0 Å². The van der Waals surface area contributed by atoms with Gasteiger partial charge in [-0.15, -0.1) is 0 Å². The Kier molecular flexibility index (Phi) is 4.22. The van der Waals surface area contributed by atoms with Crippen molar-refractivity contribution in [2.45, 2.75) is 45.1 Å². The highest BCUT2D eigenvalue weighted by molar-refractivity contribution is 4.93. The Balaban J connectivity index is 1.51. The minimum Gasteiger partial charge on any atom is -0.328 e. The van der Waals surface area contributed by atoms with Crippen LogP contribution in [0.15, 0.2) is 0 Å². The molecule has 3 N–H and O–H groups in total. The van der Waals surface area contributed by atoms with E-state index in [0.29, 0.717) is 11.5 Å². The van der Waals surface area contributed by atoms with Crippen LogP contribution in [0.4, 0.5) is 0 Å². The van der Waals surface area contributed by atoms with Crippen molar-refractivity contribution in [2.75, 3.05) is 32.7 Å². The summed E-state index contributed by atoms with van der Waals surface area (Å²) in [7, 11) is 0. The first-order valence-electron chi connectivity index (χ1n) is 6.93. The molecule has 2 fully saturated rings. The van der Waals surface area contributed by atoms with Crippen LogP contribution < -0.4 is 11.1 Å². The summed E-state index contributed by atoms with van der Waals surface area (Å²) in [5, 5.41) is 3.62. The molecule has 1 saturated carbocycles. The molecule has 0 bridgehead atoms. The third-order valence-corrected chi connectivity index (χ3v) is 4.44. The molecule has 16 heavy (non-hydrogen) atoms. The lowest BCUT2D eigenvalue weighted by atomic mass is 10.0. The Bertz CT molecular complexity index is 205. The third kappa shape index (κ3) is 3.44. The summed E-state index contributed by atoms with van der Waals surface area (Å²) in [6.45, 7) is 8.30. The van der Waals surface area contributed by atoms with Crippen LogP contribution in [0.25, 0.3) is 0 Å². The molecule has 1 aliphatic heterocycles. The molecule has 0 aromatic rings. The Morgan fingerprint density at radius 2 is 2.00 bits per heavy atom. The second-order valence-electron chi connectivity index (χ2n) is 5.71. The lowest BCUT2D eigenvalue weighted by molar-refractivity contribution is 0.212. The molecule has 1 saturated heterocycles. The second kappa shape index (κ2) is 5.48. The van der Waals surface area contributed by atoms with Crippen LogP contribution >= 0.6 is 0 Å². The van der Waals surface area contributed by atoms with E-state index in [1.165, 1.54) is 58.3 Å². The van der Waals surface area contributed by atoms with Crippen molar-refractivity contribution in [2.24, 2.45) is 11.1 Å². The van der Waals surface area contributed by atoms with E-state index in [4.69, 9.17) is 5.73 Å². The fourth-order valence-electron chi connectivity index (χ4n) is 2.60. The third-order valence-electron chi connectivity index (χ3n) is 4.44. The Morgan fingerprint density at radius 1 is 1.31 bits per heavy atom. The summed E-state index contributed by atoms with van der Waals surface area (Å²) in [6.07, 6.45) is 6.58. The van der Waals surface area contributed by atoms with E-state index >= 15 is 0 Å². The van der Waals surface area contributed by atoms with Crippen molar-refractivity contribution < 1.29 is 0 Å². The van der Waals surface area contributed by atoms with E-state index in [2.05, 4.69) is 17.1 Å². The maximum atomic E-state index is 5.89. The molecule has 0 unspecified atom stereocenters. The molecule has 0 aromatic heterocycles. The van der Waals surface area contributed by atoms with Crippen LogP contribution in [0, 0.1) is 5.41 Å². The zero-order chi connectivity index (χ0) is 11.4. The fourth-order valence-corrected chi connectivity index (χ4v) is 2.60. The molecule has 2 rings (SSSR count). The summed E-state index contributed by atoms with van der Waals surface area (Å²) in [5.74, 6) is 0. The average Bonchev–Trinajstić information content (AvgIpc) is 3.08. The van der Waals surface area contributed by atoms with Crippen molar-refractivity contribution in [3.8, 4) is 0 Å². The SMILES string of the molecule is CCC1(CNCCN2CCC(N)CC2)CC1. The molecule has 94 valence electrons. The van der Waals surface area contributed by atoms with Crippen molar-refractivity contribution in [1.29, 1.82) is 0 Å². The lowest BCUT2D eigenvalue weighted by Gasteiger charge is -2.30. The van der Waals surface area contributed by atoms with Gasteiger partial charge in [0.25, 0.3) is 0 Å². The number of likely N-dealkylation sites (tertiary alicyclic amines) is 1. The van der Waals surface area contributed by atoms with E-state index in [0.717, 1.165) is 6.54 Å². The van der Waals surface area contributed by atoms with Crippen LogP contribution in [-0.4, -0.2) is 43.7 Å². The normalized spacial score (nSPS) is 25.9. The molecule has 0 spiro atoms. The molecular weight excluding hydrogens is 198 g/mol. The number of nitrogens with zero attached hydrogens (tertiary/aromatic N) is 1. The van der Waals surface area contributed by atoms with Gasteiger partial charge in [-0.05, 0) is 50.6 Å². The van der Waals surface area contributed by atoms with Crippen molar-refractivity contribution in [3.63, 3.8) is 0 Å². The first-order chi connectivity index (χ1) is 7.74. The van der Waals surface area contributed by atoms with Crippen molar-refractivity contribution >= 4 is 0 Å². The monoisotopic (exact) mass is 225 g/mol. The highest BCUT2D eigenvalue weighted by Crippen LogP contribution is 2.47. The Labute approximate surface area is 99.8 Å². The Hall–Kier alpha value is -0.120. The number of nitrogens with two attached hydrogens (primary N) is 1. The van der Waals surface area contributed by atoms with Crippen molar-refractivity contribution in [3.05, 3.63) is 0 Å². The molecule has 3 heteroatoms. The number of rotatable bonds is 6. The molecule has 3 nitrogen and oxygen atoms in total. The van der Waals surface area contributed by atoms with E-state index in [1.807, 2.05) is 0 Å². The summed E-state index contributed by atoms with van der Waals surface area (Å²) in [5.41, 5.74) is 6.58. The van der Waals surface area contributed by atoms with E-state index in [-0.39, 0.29) is 0 Å². The average molecular weight is 225 g/mol. The molecular formula is C13H27N3. The first-order valence-corrected chi connectivity index (χ1v) is 6.93. The number of nitrogens with one attached hydrogen (secondary N) is 1. The van der Waals surface area contributed by atoms with Crippen LogP contribution in [-0.2, 0) is 0 Å². The first kappa shape index (κ1) is 12.3. The van der Waals surface area contributed by atoms with Gasteiger partial charge in [-0.2, -0.15) is 0 Å². The lowest BCUT2D eigenvalue weighted by Crippen LogP contribution is -2.42. The largest absolute Gasteiger partial charge is 0.328 e. The summed E-state index contributed by atoms with van der Waals surface area (Å²) >= 11 is 0. The molecule has 0 radical (unpaired) electrons. The highest BCUT2D eigenvalue weighted by atomic mass is 15.1. The highest BCUT2D eigenvalue weighted by Gasteiger charge is 2.39. The smallest absolute Gasteiger partial charge is 0.0107 e. The van der Waals surface area contributed by atoms with E-state index in [1.54, 1.807) is 0 Å². The van der Waals surface area contributed by atoms with Gasteiger partial charge in [0.15, 0.2) is 0 Å². The summed E-state index contributed by atoms with van der Waals surface area (Å²) in [4.78, 5) is 2.54. The maximum absolute atomic E-state index is 5.89. The zero-order valence-electron chi connectivity index (χ0n) is 10.7. The number of hydrogen-bond donors (Lipinski definition) is 2. The van der Waals surface area contributed by atoms with Gasteiger partial charge < -0.3 is 16.0 Å². The molecule has 1 heterocycles. The minimum absolute atomic E-state index is 0.457. The minimum atomic E-state index is 0.457. The van der Waals surface area contributed by atoms with Crippen LogP contribution in [0.3, 0.4) is 0 Å². The van der Waals surface area contributed by atoms with Gasteiger partial charge in [0.05, 0.1) is 0 Å². The van der Waals surface area contributed by atoms with E-state index < -0.39 is 0 Å². The number of hydrogen-bond acceptors (Lipinski definition) is 3. The van der Waals surface area contributed by atoms with Gasteiger partial charge in [-0.3, -0.25) is 0 Å². The van der Waals surface area contributed by atoms with Gasteiger partial charge in [0.2, 0.25) is 0 Å². The van der Waals surface area contributed by atoms with Gasteiger partial charge >= 0.3 is 0 Å². The molecule has 0 atom stereocenters. The Morgan fingerprint density at radius 3 is 2.56 bits per heavy atom. The standard InChI is InChI=1S/C13H27N3/c1-2-13(5-6-13)11-15-7-10-16-8-3-12(14)4-9-16/h12,15H,2-11,14H2,1H3. The zero-order valence-corrected chi connectivity index (χ0v) is 10.7. The van der Waals surface area contributed by atoms with Gasteiger partial charge in [0.1, 0.15) is 0 Å². The fraction of sp³-hybridized carbons (Fsp3) is 1.00. The molecule has 2 aliphatic rings. The molecule has 1 aliphatic carbocycles. The van der Waals surface area contributed by atoms with Crippen LogP contribution in [0.1, 0.15) is 39.0 Å². The topological polar surface area (TPSA) is 41.3 Å². The molecule has 0 amide bonds. The maximum Gasteiger partial charge on any atom is 0.0107 e. The van der Waals surface area contributed by atoms with Crippen LogP contribution in [0.2, 0.25) is 0 Å². The van der Waals surface area contributed by atoms with Crippen molar-refractivity contribution in [1.82, 2.24) is 10.2 Å².